The standard InChI is InChI=1S/C7H15NO3/c1-9-6-4-8(11-3)5-7(6)10-2/h6-7H,4-5H2,1-3H3/t6-,7+. The molecule has 0 N–H and O–H groups in total. The van der Waals surface area contributed by atoms with Gasteiger partial charge in [0.25, 0.3) is 0 Å². The largest absolute Gasteiger partial charge is 0.377 e. The maximum Gasteiger partial charge on any atom is 0.0996 e. The van der Waals surface area contributed by atoms with Crippen molar-refractivity contribution < 1.29 is 14.3 Å². The van der Waals surface area contributed by atoms with E-state index in [1.54, 1.807) is 21.3 Å². The van der Waals surface area contributed by atoms with Crippen molar-refractivity contribution in [3.63, 3.8) is 0 Å². The molecule has 1 rings (SSSR count). The first-order valence-electron chi connectivity index (χ1n) is 3.66. The van der Waals surface area contributed by atoms with Crippen molar-refractivity contribution >= 4 is 0 Å². The lowest BCUT2D eigenvalue weighted by Crippen LogP contribution is -2.27. The Morgan fingerprint density at radius 2 is 1.45 bits per heavy atom. The summed E-state index contributed by atoms with van der Waals surface area (Å²) >= 11 is 0. The van der Waals surface area contributed by atoms with Crippen molar-refractivity contribution in [3.8, 4) is 0 Å². The second-order valence-electron chi connectivity index (χ2n) is 2.58. The molecule has 1 saturated heterocycles. The maximum atomic E-state index is 5.20. The van der Waals surface area contributed by atoms with Crippen molar-refractivity contribution in [1.82, 2.24) is 5.06 Å². The summed E-state index contributed by atoms with van der Waals surface area (Å²) in [6.45, 7) is 1.57. The first kappa shape index (κ1) is 8.93. The minimum absolute atomic E-state index is 0.139. The Morgan fingerprint density at radius 3 is 1.73 bits per heavy atom. The molecule has 0 spiro atoms. The molecule has 0 unspecified atom stereocenters. The van der Waals surface area contributed by atoms with Crippen molar-refractivity contribution in [2.24, 2.45) is 0 Å². The molecule has 0 aliphatic carbocycles. The lowest BCUT2D eigenvalue weighted by atomic mass is 10.3. The van der Waals surface area contributed by atoms with Crippen LogP contribution in [0.1, 0.15) is 0 Å². The van der Waals surface area contributed by atoms with Crippen LogP contribution in [0.2, 0.25) is 0 Å². The van der Waals surface area contributed by atoms with Crippen molar-refractivity contribution in [3.05, 3.63) is 0 Å². The van der Waals surface area contributed by atoms with E-state index in [0.717, 1.165) is 13.1 Å². The van der Waals surface area contributed by atoms with E-state index in [9.17, 15) is 0 Å². The van der Waals surface area contributed by atoms with Crippen LogP contribution >= 0.6 is 0 Å². The third-order valence-electron chi connectivity index (χ3n) is 2.05. The van der Waals surface area contributed by atoms with E-state index in [4.69, 9.17) is 14.3 Å². The van der Waals surface area contributed by atoms with Crippen LogP contribution in [0.15, 0.2) is 0 Å². The molecule has 4 heteroatoms. The van der Waals surface area contributed by atoms with Crippen LogP contribution in [0.4, 0.5) is 0 Å². The first-order valence-corrected chi connectivity index (χ1v) is 3.66. The molecule has 1 aliphatic heterocycles. The van der Waals surface area contributed by atoms with Gasteiger partial charge < -0.3 is 14.3 Å². The van der Waals surface area contributed by atoms with Gasteiger partial charge in [-0.1, -0.05) is 0 Å². The minimum atomic E-state index is 0.139. The quantitative estimate of drug-likeness (QED) is 0.578. The molecule has 1 aliphatic rings. The summed E-state index contributed by atoms with van der Waals surface area (Å²) in [5, 5.41) is 1.84. The predicted octanol–water partition coefficient (Wildman–Crippen LogP) is -0.107. The first-order chi connectivity index (χ1) is 5.31. The zero-order valence-electron chi connectivity index (χ0n) is 7.24. The van der Waals surface area contributed by atoms with Gasteiger partial charge in [-0.05, 0) is 0 Å². The van der Waals surface area contributed by atoms with Crippen LogP contribution in [-0.2, 0) is 14.3 Å². The minimum Gasteiger partial charge on any atom is -0.377 e. The van der Waals surface area contributed by atoms with Crippen LogP contribution in [0.3, 0.4) is 0 Å². The van der Waals surface area contributed by atoms with Crippen LogP contribution < -0.4 is 0 Å². The monoisotopic (exact) mass is 161 g/mol. The molecular weight excluding hydrogens is 146 g/mol. The fourth-order valence-corrected chi connectivity index (χ4v) is 1.31. The summed E-state index contributed by atoms with van der Waals surface area (Å²) in [6, 6.07) is 0. The van der Waals surface area contributed by atoms with Gasteiger partial charge in [-0.3, -0.25) is 0 Å². The molecule has 11 heavy (non-hydrogen) atoms. The summed E-state index contributed by atoms with van der Waals surface area (Å²) in [4.78, 5) is 5.05. The third kappa shape index (κ3) is 1.90. The Morgan fingerprint density at radius 1 is 1.00 bits per heavy atom. The smallest absolute Gasteiger partial charge is 0.0996 e. The summed E-state index contributed by atoms with van der Waals surface area (Å²) in [7, 11) is 5.04. The van der Waals surface area contributed by atoms with Gasteiger partial charge in [0, 0.05) is 14.2 Å². The zero-order chi connectivity index (χ0) is 8.27. The van der Waals surface area contributed by atoms with Crippen LogP contribution in [0.5, 0.6) is 0 Å². The number of hydroxylamine groups is 2. The number of hydrogen-bond donors (Lipinski definition) is 0. The molecule has 0 radical (unpaired) electrons. The van der Waals surface area contributed by atoms with Gasteiger partial charge >= 0.3 is 0 Å². The number of methoxy groups -OCH3 is 2. The van der Waals surface area contributed by atoms with E-state index in [1.165, 1.54) is 0 Å². The average Bonchev–Trinajstić information content (AvgIpc) is 2.46. The van der Waals surface area contributed by atoms with Crippen LogP contribution in [0, 0.1) is 0 Å². The van der Waals surface area contributed by atoms with Gasteiger partial charge in [0.1, 0.15) is 0 Å². The molecule has 1 heterocycles. The molecule has 0 bridgehead atoms. The molecule has 1 fully saturated rings. The summed E-state index contributed by atoms with van der Waals surface area (Å²) in [6.07, 6.45) is 0.278. The Bertz CT molecular complexity index is 108. The summed E-state index contributed by atoms with van der Waals surface area (Å²) in [5.74, 6) is 0. The molecular formula is C7H15NO3. The number of rotatable bonds is 3. The van der Waals surface area contributed by atoms with Crippen LogP contribution in [-0.4, -0.2) is 51.7 Å². The Labute approximate surface area is 67.0 Å². The van der Waals surface area contributed by atoms with Gasteiger partial charge in [0.05, 0.1) is 32.4 Å². The number of ether oxygens (including phenoxy) is 2. The highest BCUT2D eigenvalue weighted by molar-refractivity contribution is 4.81. The SMILES string of the molecule is CO[C@H]1CN(OC)C[C@H]1OC. The second-order valence-corrected chi connectivity index (χ2v) is 2.58. The predicted molar refractivity (Wildman–Crippen MR) is 40.2 cm³/mol. The molecule has 0 saturated carbocycles. The molecule has 0 aromatic heterocycles. The van der Waals surface area contributed by atoms with Gasteiger partial charge in [-0.25, -0.2) is 0 Å². The normalized spacial score (nSPS) is 33.0. The van der Waals surface area contributed by atoms with Crippen LogP contribution in [0.25, 0.3) is 0 Å². The lowest BCUT2D eigenvalue weighted by molar-refractivity contribution is -0.122. The zero-order valence-corrected chi connectivity index (χ0v) is 7.24. The van der Waals surface area contributed by atoms with E-state index in [1.807, 2.05) is 5.06 Å². The van der Waals surface area contributed by atoms with E-state index in [-0.39, 0.29) is 12.2 Å². The van der Waals surface area contributed by atoms with Gasteiger partial charge in [-0.15, -0.1) is 0 Å². The fourth-order valence-electron chi connectivity index (χ4n) is 1.31. The maximum absolute atomic E-state index is 5.20. The molecule has 2 atom stereocenters. The fraction of sp³-hybridized carbons (Fsp3) is 1.00. The molecule has 4 nitrogen and oxygen atoms in total. The highest BCUT2D eigenvalue weighted by Crippen LogP contribution is 2.14. The summed E-state index contributed by atoms with van der Waals surface area (Å²) in [5.41, 5.74) is 0. The molecule has 0 aromatic rings. The third-order valence-corrected chi connectivity index (χ3v) is 2.05. The van der Waals surface area contributed by atoms with E-state index >= 15 is 0 Å². The Balaban J connectivity index is 2.41. The lowest BCUT2D eigenvalue weighted by Gasteiger charge is -2.13. The van der Waals surface area contributed by atoms with Crippen molar-refractivity contribution in [2.45, 2.75) is 12.2 Å². The van der Waals surface area contributed by atoms with E-state index in [2.05, 4.69) is 0 Å². The molecule has 66 valence electrons. The molecule has 0 aromatic carbocycles. The highest BCUT2D eigenvalue weighted by atomic mass is 16.7. The van der Waals surface area contributed by atoms with Crippen molar-refractivity contribution in [2.75, 3.05) is 34.4 Å². The van der Waals surface area contributed by atoms with E-state index in [0.29, 0.717) is 0 Å². The Hall–Kier alpha value is -0.160. The highest BCUT2D eigenvalue weighted by Gasteiger charge is 2.32. The van der Waals surface area contributed by atoms with E-state index < -0.39 is 0 Å². The molecule has 0 amide bonds. The Kier molecular flexibility index (Phi) is 3.26. The average molecular weight is 161 g/mol. The second kappa shape index (κ2) is 4.01. The van der Waals surface area contributed by atoms with Gasteiger partial charge in [-0.2, -0.15) is 5.06 Å². The topological polar surface area (TPSA) is 30.9 Å². The van der Waals surface area contributed by atoms with Gasteiger partial charge in [0.2, 0.25) is 0 Å². The number of nitrogens with zero attached hydrogens (tertiary/aromatic N) is 1. The summed E-state index contributed by atoms with van der Waals surface area (Å²) < 4.78 is 10.4. The number of hydrogen-bond acceptors (Lipinski definition) is 4. The van der Waals surface area contributed by atoms with Gasteiger partial charge in [0.15, 0.2) is 0 Å². The van der Waals surface area contributed by atoms with Crippen molar-refractivity contribution in [1.29, 1.82) is 0 Å².